The molecule has 0 saturated carbocycles. The van der Waals surface area contributed by atoms with E-state index in [1.165, 1.54) is 4.68 Å². The number of H-pyrrole nitrogens is 1. The van der Waals surface area contributed by atoms with E-state index in [-0.39, 0.29) is 17.2 Å². The van der Waals surface area contributed by atoms with Gasteiger partial charge >= 0.3 is 0 Å². The van der Waals surface area contributed by atoms with Gasteiger partial charge in [0.25, 0.3) is 5.56 Å². The van der Waals surface area contributed by atoms with Gasteiger partial charge < -0.3 is 5.11 Å². The summed E-state index contributed by atoms with van der Waals surface area (Å²) in [5.41, 5.74) is 3.11. The molecule has 4 heteroatoms. The molecule has 4 aromatic rings. The monoisotopic (exact) mass is 344 g/mol. The Morgan fingerprint density at radius 1 is 0.923 bits per heavy atom. The normalized spacial score (nSPS) is 12.4. The van der Waals surface area contributed by atoms with E-state index in [1.807, 2.05) is 67.6 Å². The van der Waals surface area contributed by atoms with E-state index in [1.54, 1.807) is 13.1 Å². The molecule has 0 spiro atoms. The van der Waals surface area contributed by atoms with Crippen LogP contribution in [0.15, 0.2) is 71.5 Å². The molecular weight excluding hydrogens is 324 g/mol. The lowest BCUT2D eigenvalue weighted by atomic mass is 9.82. The Balaban J connectivity index is 2.11. The predicted molar refractivity (Wildman–Crippen MR) is 104 cm³/mol. The number of nitrogens with one attached hydrogen (secondary N) is 1. The molecule has 1 atom stereocenters. The number of aromatic nitrogens is 2. The number of hydrogen-bond acceptors (Lipinski definition) is 2. The molecule has 130 valence electrons. The highest BCUT2D eigenvalue weighted by atomic mass is 16.3. The molecule has 0 aliphatic rings. The van der Waals surface area contributed by atoms with Gasteiger partial charge in [0, 0.05) is 24.2 Å². The lowest BCUT2D eigenvalue weighted by molar-refractivity contribution is 0.468. The standard InChI is InChI=1S/C22H20N2O2/c1-14-19(22(26)24(2)23-14)20(16-9-4-3-5-10-16)21-17-11-7-6-8-15(17)12-13-18(21)25/h3-13,20,23,25H,1-2H3. The number of aromatic amines is 1. The van der Waals surface area contributed by atoms with Crippen LogP contribution in [0.3, 0.4) is 0 Å². The summed E-state index contributed by atoms with van der Waals surface area (Å²) in [6, 6.07) is 21.4. The van der Waals surface area contributed by atoms with Crippen LogP contribution < -0.4 is 5.56 Å². The lowest BCUT2D eigenvalue weighted by Gasteiger charge is -2.20. The molecule has 2 N–H and O–H groups in total. The third kappa shape index (κ3) is 2.51. The van der Waals surface area contributed by atoms with E-state index in [2.05, 4.69) is 5.10 Å². The summed E-state index contributed by atoms with van der Waals surface area (Å²) in [7, 11) is 1.71. The van der Waals surface area contributed by atoms with Gasteiger partial charge in [0.15, 0.2) is 0 Å². The summed E-state index contributed by atoms with van der Waals surface area (Å²) < 4.78 is 1.49. The Kier molecular flexibility index (Phi) is 3.88. The number of aryl methyl sites for hydroxylation is 2. The summed E-state index contributed by atoms with van der Waals surface area (Å²) in [6.45, 7) is 1.90. The first-order valence-corrected chi connectivity index (χ1v) is 8.59. The first-order valence-electron chi connectivity index (χ1n) is 8.59. The van der Waals surface area contributed by atoms with Gasteiger partial charge in [0.05, 0.1) is 5.56 Å². The number of benzene rings is 3. The highest BCUT2D eigenvalue weighted by Crippen LogP contribution is 2.40. The molecule has 1 heterocycles. The first kappa shape index (κ1) is 16.2. The molecule has 4 nitrogen and oxygen atoms in total. The average Bonchev–Trinajstić information content (AvgIpc) is 2.91. The molecule has 4 rings (SSSR count). The number of nitrogens with zero attached hydrogens (tertiary/aromatic N) is 1. The lowest BCUT2D eigenvalue weighted by Crippen LogP contribution is -2.19. The summed E-state index contributed by atoms with van der Waals surface area (Å²) >= 11 is 0. The highest BCUT2D eigenvalue weighted by molar-refractivity contribution is 5.89. The minimum Gasteiger partial charge on any atom is -0.508 e. The zero-order chi connectivity index (χ0) is 18.3. The van der Waals surface area contributed by atoms with Crippen molar-refractivity contribution in [2.75, 3.05) is 0 Å². The maximum absolute atomic E-state index is 12.9. The Morgan fingerprint density at radius 2 is 1.62 bits per heavy atom. The van der Waals surface area contributed by atoms with Crippen LogP contribution in [-0.2, 0) is 7.05 Å². The van der Waals surface area contributed by atoms with Gasteiger partial charge in [-0.15, -0.1) is 0 Å². The van der Waals surface area contributed by atoms with Crippen molar-refractivity contribution in [3.05, 3.63) is 99.5 Å². The van der Waals surface area contributed by atoms with E-state index in [0.717, 1.165) is 27.6 Å². The van der Waals surface area contributed by atoms with Crippen molar-refractivity contribution in [1.82, 2.24) is 9.78 Å². The van der Waals surface area contributed by atoms with E-state index in [4.69, 9.17) is 0 Å². The van der Waals surface area contributed by atoms with Gasteiger partial charge in [0.2, 0.25) is 0 Å². The van der Waals surface area contributed by atoms with E-state index >= 15 is 0 Å². The van der Waals surface area contributed by atoms with Gasteiger partial charge in [-0.3, -0.25) is 14.6 Å². The molecule has 0 amide bonds. The maximum atomic E-state index is 12.9. The quantitative estimate of drug-likeness (QED) is 0.589. The maximum Gasteiger partial charge on any atom is 0.270 e. The van der Waals surface area contributed by atoms with E-state index in [0.29, 0.717) is 5.56 Å². The second-order valence-corrected chi connectivity index (χ2v) is 6.58. The Bertz CT molecular complexity index is 1140. The van der Waals surface area contributed by atoms with Crippen LogP contribution in [0, 0.1) is 6.92 Å². The van der Waals surface area contributed by atoms with Crippen LogP contribution in [0.4, 0.5) is 0 Å². The summed E-state index contributed by atoms with van der Waals surface area (Å²) in [4.78, 5) is 12.9. The van der Waals surface area contributed by atoms with Crippen molar-refractivity contribution in [2.45, 2.75) is 12.8 Å². The molecule has 0 saturated heterocycles. The van der Waals surface area contributed by atoms with Gasteiger partial charge in [-0.25, -0.2) is 0 Å². The van der Waals surface area contributed by atoms with Crippen LogP contribution >= 0.6 is 0 Å². The molecule has 0 fully saturated rings. The van der Waals surface area contributed by atoms with Crippen LogP contribution in [0.5, 0.6) is 5.75 Å². The summed E-state index contributed by atoms with van der Waals surface area (Å²) in [6.07, 6.45) is 0. The second-order valence-electron chi connectivity index (χ2n) is 6.58. The fraction of sp³-hybridized carbons (Fsp3) is 0.136. The third-order valence-electron chi connectivity index (χ3n) is 4.93. The highest BCUT2D eigenvalue weighted by Gasteiger charge is 2.27. The van der Waals surface area contributed by atoms with Crippen molar-refractivity contribution < 1.29 is 5.11 Å². The molecule has 0 radical (unpaired) electrons. The number of aromatic hydroxyl groups is 1. The number of hydrogen-bond donors (Lipinski definition) is 2. The van der Waals surface area contributed by atoms with E-state index < -0.39 is 0 Å². The summed E-state index contributed by atoms with van der Waals surface area (Å²) in [5, 5.41) is 15.8. The minimum atomic E-state index is -0.354. The number of fused-ring (bicyclic) bond motifs is 1. The third-order valence-corrected chi connectivity index (χ3v) is 4.93. The second kappa shape index (κ2) is 6.23. The van der Waals surface area contributed by atoms with Crippen molar-refractivity contribution in [3.8, 4) is 5.75 Å². The number of rotatable bonds is 3. The molecule has 0 aliphatic carbocycles. The molecular formula is C22H20N2O2. The first-order chi connectivity index (χ1) is 12.6. The van der Waals surface area contributed by atoms with Crippen molar-refractivity contribution in [2.24, 2.45) is 7.05 Å². The molecule has 1 unspecified atom stereocenters. The molecule has 3 aromatic carbocycles. The SMILES string of the molecule is Cc1[nH]n(C)c(=O)c1C(c1ccccc1)c1c(O)ccc2ccccc12. The largest absolute Gasteiger partial charge is 0.508 e. The Labute approximate surface area is 151 Å². The fourth-order valence-electron chi connectivity index (χ4n) is 3.75. The van der Waals surface area contributed by atoms with Gasteiger partial charge in [-0.05, 0) is 29.3 Å². The molecule has 0 aliphatic heterocycles. The number of phenols is 1. The van der Waals surface area contributed by atoms with Crippen LogP contribution in [0.2, 0.25) is 0 Å². The Hall–Kier alpha value is -3.27. The molecule has 0 bridgehead atoms. The van der Waals surface area contributed by atoms with Gasteiger partial charge in [-0.1, -0.05) is 60.7 Å². The predicted octanol–water partition coefficient (Wildman–Crippen LogP) is 4.06. The number of phenolic OH excluding ortho intramolecular Hbond substituents is 1. The smallest absolute Gasteiger partial charge is 0.270 e. The van der Waals surface area contributed by atoms with Crippen molar-refractivity contribution in [1.29, 1.82) is 0 Å². The molecule has 26 heavy (non-hydrogen) atoms. The summed E-state index contributed by atoms with van der Waals surface area (Å²) in [5.74, 6) is -0.160. The van der Waals surface area contributed by atoms with Crippen LogP contribution in [-0.4, -0.2) is 14.9 Å². The topological polar surface area (TPSA) is 58.0 Å². The van der Waals surface area contributed by atoms with Crippen molar-refractivity contribution in [3.63, 3.8) is 0 Å². The zero-order valence-corrected chi connectivity index (χ0v) is 14.7. The van der Waals surface area contributed by atoms with Crippen molar-refractivity contribution >= 4 is 10.8 Å². The Morgan fingerprint density at radius 3 is 2.31 bits per heavy atom. The van der Waals surface area contributed by atoms with Crippen LogP contribution in [0.25, 0.3) is 10.8 Å². The van der Waals surface area contributed by atoms with Gasteiger partial charge in [-0.2, -0.15) is 0 Å². The molecule has 1 aromatic heterocycles. The average molecular weight is 344 g/mol. The van der Waals surface area contributed by atoms with Crippen LogP contribution in [0.1, 0.15) is 28.3 Å². The van der Waals surface area contributed by atoms with Gasteiger partial charge in [0.1, 0.15) is 5.75 Å². The minimum absolute atomic E-state index is 0.0799. The fourth-order valence-corrected chi connectivity index (χ4v) is 3.75. The zero-order valence-electron chi connectivity index (χ0n) is 14.7. The van der Waals surface area contributed by atoms with E-state index in [9.17, 15) is 9.90 Å².